The lowest BCUT2D eigenvalue weighted by Gasteiger charge is -2.24. The average Bonchev–Trinajstić information content (AvgIpc) is 2.97. The van der Waals surface area contributed by atoms with Crippen molar-refractivity contribution in [3.8, 4) is 0 Å². The molecule has 3 heteroatoms. The number of hydrogen-bond donors (Lipinski definition) is 1. The molecule has 1 aromatic rings. The Bertz CT molecular complexity index is 341. The highest BCUT2D eigenvalue weighted by Gasteiger charge is 2.34. The predicted molar refractivity (Wildman–Crippen MR) is 69.8 cm³/mol. The SMILES string of the molecule is Cc1cnc(C(NC(C)C(C)C)C2CC2)s1. The van der Waals surface area contributed by atoms with Crippen molar-refractivity contribution < 1.29 is 0 Å². The number of rotatable bonds is 5. The van der Waals surface area contributed by atoms with Crippen LogP contribution in [0.25, 0.3) is 0 Å². The minimum Gasteiger partial charge on any atom is -0.305 e. The Labute approximate surface area is 102 Å². The van der Waals surface area contributed by atoms with E-state index >= 15 is 0 Å². The molecule has 2 rings (SSSR count). The Balaban J connectivity index is 2.06. The molecule has 0 bridgehead atoms. The van der Waals surface area contributed by atoms with Gasteiger partial charge in [0.25, 0.3) is 0 Å². The van der Waals surface area contributed by atoms with E-state index in [-0.39, 0.29) is 0 Å². The first-order valence-electron chi connectivity index (χ1n) is 6.26. The Kier molecular flexibility index (Phi) is 3.65. The number of hydrogen-bond acceptors (Lipinski definition) is 3. The Morgan fingerprint density at radius 2 is 2.06 bits per heavy atom. The maximum atomic E-state index is 4.55. The summed E-state index contributed by atoms with van der Waals surface area (Å²) in [6.07, 6.45) is 4.72. The molecule has 0 radical (unpaired) electrons. The van der Waals surface area contributed by atoms with E-state index in [0.29, 0.717) is 18.0 Å². The zero-order chi connectivity index (χ0) is 11.7. The fourth-order valence-electron chi connectivity index (χ4n) is 1.83. The molecule has 0 spiro atoms. The van der Waals surface area contributed by atoms with Gasteiger partial charge < -0.3 is 5.32 Å². The summed E-state index contributed by atoms with van der Waals surface area (Å²) in [6, 6.07) is 1.06. The summed E-state index contributed by atoms with van der Waals surface area (Å²) in [6.45, 7) is 8.96. The lowest BCUT2D eigenvalue weighted by Crippen LogP contribution is -2.35. The zero-order valence-electron chi connectivity index (χ0n) is 10.7. The Morgan fingerprint density at radius 1 is 1.38 bits per heavy atom. The monoisotopic (exact) mass is 238 g/mol. The van der Waals surface area contributed by atoms with Gasteiger partial charge in [0, 0.05) is 17.1 Å². The predicted octanol–water partition coefficient (Wildman–Crippen LogP) is 3.54. The molecule has 0 amide bonds. The second kappa shape index (κ2) is 4.84. The topological polar surface area (TPSA) is 24.9 Å². The van der Waals surface area contributed by atoms with Gasteiger partial charge in [-0.3, -0.25) is 0 Å². The van der Waals surface area contributed by atoms with Gasteiger partial charge in [0.05, 0.1) is 6.04 Å². The summed E-state index contributed by atoms with van der Waals surface area (Å²) in [5, 5.41) is 5.04. The van der Waals surface area contributed by atoms with Crippen LogP contribution in [-0.4, -0.2) is 11.0 Å². The molecule has 0 aliphatic heterocycles. The van der Waals surface area contributed by atoms with E-state index in [4.69, 9.17) is 0 Å². The molecule has 1 aliphatic carbocycles. The van der Waals surface area contributed by atoms with Gasteiger partial charge >= 0.3 is 0 Å². The van der Waals surface area contributed by atoms with Crippen LogP contribution in [0.1, 0.15) is 49.5 Å². The zero-order valence-corrected chi connectivity index (χ0v) is 11.5. The van der Waals surface area contributed by atoms with Gasteiger partial charge in [-0.1, -0.05) is 13.8 Å². The summed E-state index contributed by atoms with van der Waals surface area (Å²) >= 11 is 1.84. The van der Waals surface area contributed by atoms with Crippen LogP contribution in [0.3, 0.4) is 0 Å². The van der Waals surface area contributed by atoms with Crippen molar-refractivity contribution in [1.29, 1.82) is 0 Å². The quantitative estimate of drug-likeness (QED) is 0.848. The van der Waals surface area contributed by atoms with Gasteiger partial charge in [0.15, 0.2) is 0 Å². The van der Waals surface area contributed by atoms with Crippen molar-refractivity contribution in [3.05, 3.63) is 16.1 Å². The highest BCUT2D eigenvalue weighted by Crippen LogP contribution is 2.42. The molecule has 90 valence electrons. The molecule has 1 N–H and O–H groups in total. The summed E-state index contributed by atoms with van der Waals surface area (Å²) in [4.78, 5) is 5.86. The van der Waals surface area contributed by atoms with Gasteiger partial charge in [-0.25, -0.2) is 4.98 Å². The van der Waals surface area contributed by atoms with Crippen LogP contribution in [0.2, 0.25) is 0 Å². The van der Waals surface area contributed by atoms with E-state index < -0.39 is 0 Å². The molecule has 1 saturated carbocycles. The first-order chi connectivity index (χ1) is 7.58. The molecule has 16 heavy (non-hydrogen) atoms. The van der Waals surface area contributed by atoms with Gasteiger partial charge in [-0.05, 0) is 38.5 Å². The maximum Gasteiger partial charge on any atom is 0.110 e. The molecule has 1 heterocycles. The number of aryl methyl sites for hydroxylation is 1. The van der Waals surface area contributed by atoms with E-state index in [9.17, 15) is 0 Å². The lowest BCUT2D eigenvalue weighted by atomic mass is 10.0. The highest BCUT2D eigenvalue weighted by atomic mass is 32.1. The molecule has 2 atom stereocenters. The van der Waals surface area contributed by atoms with Crippen LogP contribution < -0.4 is 5.32 Å². The van der Waals surface area contributed by atoms with Crippen molar-refractivity contribution in [2.45, 2.75) is 52.6 Å². The van der Waals surface area contributed by atoms with E-state index in [1.165, 1.54) is 22.7 Å². The molecular weight excluding hydrogens is 216 g/mol. The van der Waals surface area contributed by atoms with Gasteiger partial charge in [-0.15, -0.1) is 11.3 Å². The normalized spacial score (nSPS) is 20.1. The average molecular weight is 238 g/mol. The van der Waals surface area contributed by atoms with Crippen LogP contribution >= 0.6 is 11.3 Å². The summed E-state index contributed by atoms with van der Waals surface area (Å²) < 4.78 is 0. The molecule has 1 fully saturated rings. The smallest absolute Gasteiger partial charge is 0.110 e. The van der Waals surface area contributed by atoms with Crippen LogP contribution in [0.5, 0.6) is 0 Å². The summed E-state index contributed by atoms with van der Waals surface area (Å²) in [5.41, 5.74) is 0. The van der Waals surface area contributed by atoms with Crippen molar-refractivity contribution in [2.24, 2.45) is 11.8 Å². The van der Waals surface area contributed by atoms with E-state index in [0.717, 1.165) is 5.92 Å². The van der Waals surface area contributed by atoms with Crippen LogP contribution in [0.15, 0.2) is 6.20 Å². The first kappa shape index (κ1) is 12.1. The maximum absolute atomic E-state index is 4.55. The third kappa shape index (κ3) is 2.83. The Hall–Kier alpha value is -0.410. The van der Waals surface area contributed by atoms with Crippen LogP contribution in [-0.2, 0) is 0 Å². The second-order valence-corrected chi connectivity index (χ2v) is 6.59. The molecule has 2 unspecified atom stereocenters. The fourth-order valence-corrected chi connectivity index (χ4v) is 2.76. The van der Waals surface area contributed by atoms with Crippen molar-refractivity contribution >= 4 is 11.3 Å². The minimum absolute atomic E-state index is 0.496. The van der Waals surface area contributed by atoms with Crippen molar-refractivity contribution in [2.75, 3.05) is 0 Å². The second-order valence-electron chi connectivity index (χ2n) is 5.32. The molecule has 1 aliphatic rings. The number of nitrogens with one attached hydrogen (secondary N) is 1. The number of nitrogens with zero attached hydrogens (tertiary/aromatic N) is 1. The van der Waals surface area contributed by atoms with Crippen molar-refractivity contribution in [1.82, 2.24) is 10.3 Å². The molecule has 0 aromatic carbocycles. The lowest BCUT2D eigenvalue weighted by molar-refractivity contribution is 0.354. The van der Waals surface area contributed by atoms with E-state index in [1.54, 1.807) is 0 Å². The van der Waals surface area contributed by atoms with E-state index in [1.807, 2.05) is 17.5 Å². The number of thiazole rings is 1. The van der Waals surface area contributed by atoms with Gasteiger partial charge in [0.1, 0.15) is 5.01 Å². The van der Waals surface area contributed by atoms with Crippen LogP contribution in [0.4, 0.5) is 0 Å². The highest BCUT2D eigenvalue weighted by molar-refractivity contribution is 7.11. The number of aromatic nitrogens is 1. The fraction of sp³-hybridized carbons (Fsp3) is 0.769. The third-order valence-electron chi connectivity index (χ3n) is 3.44. The molecule has 0 saturated heterocycles. The Morgan fingerprint density at radius 3 is 2.50 bits per heavy atom. The van der Waals surface area contributed by atoms with Gasteiger partial charge in [-0.2, -0.15) is 0 Å². The van der Waals surface area contributed by atoms with E-state index in [2.05, 4.69) is 38.0 Å². The summed E-state index contributed by atoms with van der Waals surface area (Å²) in [7, 11) is 0. The molecule has 1 aromatic heterocycles. The van der Waals surface area contributed by atoms with Crippen LogP contribution in [0, 0.1) is 18.8 Å². The minimum atomic E-state index is 0.496. The molecule has 2 nitrogen and oxygen atoms in total. The first-order valence-corrected chi connectivity index (χ1v) is 7.08. The largest absolute Gasteiger partial charge is 0.305 e. The molecular formula is C13H22N2S. The van der Waals surface area contributed by atoms with Gasteiger partial charge in [0.2, 0.25) is 0 Å². The summed E-state index contributed by atoms with van der Waals surface area (Å²) in [5.74, 6) is 1.51. The standard InChI is InChI=1S/C13H22N2S/c1-8(2)10(4)15-12(11-5-6-11)13-14-7-9(3)16-13/h7-8,10-12,15H,5-6H2,1-4H3. The third-order valence-corrected chi connectivity index (χ3v) is 4.44. The van der Waals surface area contributed by atoms with Crippen molar-refractivity contribution in [3.63, 3.8) is 0 Å².